The van der Waals surface area contributed by atoms with Gasteiger partial charge in [0.1, 0.15) is 0 Å². The van der Waals surface area contributed by atoms with Crippen LogP contribution in [0.3, 0.4) is 0 Å². The molecule has 0 radical (unpaired) electrons. The standard InChI is InChI=1S/C11H6F14/c1-3-5(12,11(23,24)25)7(15,16)9(19,20)10(21,22)8(17,18)6(13,14)4-2/h3-4H,1-2H2. The van der Waals surface area contributed by atoms with Crippen LogP contribution in [0.2, 0.25) is 0 Å². The Morgan fingerprint density at radius 1 is 0.440 bits per heavy atom. The Bertz CT molecular complexity index is 527. The molecule has 0 heterocycles. The minimum absolute atomic E-state index is 1.32. The van der Waals surface area contributed by atoms with E-state index in [1.165, 1.54) is 0 Å². The van der Waals surface area contributed by atoms with Crippen molar-refractivity contribution in [3.8, 4) is 0 Å². The van der Waals surface area contributed by atoms with E-state index in [-0.39, 0.29) is 0 Å². The van der Waals surface area contributed by atoms with Crippen LogP contribution in [0, 0.1) is 0 Å². The summed E-state index contributed by atoms with van der Waals surface area (Å²) < 4.78 is 181. The van der Waals surface area contributed by atoms with Crippen molar-refractivity contribution < 1.29 is 61.5 Å². The molecule has 1 atom stereocenters. The number of halogens is 14. The summed E-state index contributed by atoms with van der Waals surface area (Å²) in [5.74, 6) is -37.0. The second-order valence-corrected chi connectivity index (χ2v) is 4.54. The molecular formula is C11H6F14. The zero-order chi connectivity index (χ0) is 20.9. The molecule has 0 nitrogen and oxygen atoms in total. The maximum atomic E-state index is 13.3. The predicted molar refractivity (Wildman–Crippen MR) is 55.0 cm³/mol. The van der Waals surface area contributed by atoms with Gasteiger partial charge in [0.2, 0.25) is 0 Å². The van der Waals surface area contributed by atoms with Crippen molar-refractivity contribution in [1.29, 1.82) is 0 Å². The van der Waals surface area contributed by atoms with Gasteiger partial charge in [-0.2, -0.15) is 57.1 Å². The van der Waals surface area contributed by atoms with E-state index < -0.39 is 53.6 Å². The molecule has 0 aromatic heterocycles. The molecule has 0 bridgehead atoms. The first kappa shape index (κ1) is 23.5. The van der Waals surface area contributed by atoms with Gasteiger partial charge in [-0.3, -0.25) is 0 Å². The third kappa shape index (κ3) is 2.76. The topological polar surface area (TPSA) is 0 Å². The lowest BCUT2D eigenvalue weighted by Crippen LogP contribution is -2.72. The van der Waals surface area contributed by atoms with E-state index in [1.807, 2.05) is 6.58 Å². The van der Waals surface area contributed by atoms with Crippen LogP contribution >= 0.6 is 0 Å². The molecule has 0 fully saturated rings. The van der Waals surface area contributed by atoms with E-state index in [1.54, 1.807) is 6.58 Å². The van der Waals surface area contributed by atoms with Crippen LogP contribution in [-0.2, 0) is 0 Å². The van der Waals surface area contributed by atoms with Gasteiger partial charge in [0.15, 0.2) is 0 Å². The molecule has 0 aromatic carbocycles. The number of alkyl halides is 14. The lowest BCUT2D eigenvalue weighted by Gasteiger charge is -2.42. The molecule has 0 N–H and O–H groups in total. The molecule has 0 amide bonds. The van der Waals surface area contributed by atoms with E-state index in [9.17, 15) is 61.5 Å². The third-order valence-corrected chi connectivity index (χ3v) is 3.01. The molecule has 0 spiro atoms. The van der Waals surface area contributed by atoms with E-state index in [4.69, 9.17) is 0 Å². The van der Waals surface area contributed by atoms with Crippen molar-refractivity contribution >= 4 is 0 Å². The van der Waals surface area contributed by atoms with Gasteiger partial charge in [0, 0.05) is 0 Å². The highest BCUT2D eigenvalue weighted by Gasteiger charge is 2.91. The van der Waals surface area contributed by atoms with Crippen LogP contribution in [0.1, 0.15) is 0 Å². The van der Waals surface area contributed by atoms with E-state index in [0.717, 1.165) is 0 Å². The van der Waals surface area contributed by atoms with E-state index in [2.05, 4.69) is 0 Å². The van der Waals surface area contributed by atoms with Crippen molar-refractivity contribution in [2.45, 2.75) is 41.5 Å². The van der Waals surface area contributed by atoms with Gasteiger partial charge in [0.25, 0.3) is 5.67 Å². The van der Waals surface area contributed by atoms with Gasteiger partial charge >= 0.3 is 35.8 Å². The molecule has 0 rings (SSSR count). The zero-order valence-corrected chi connectivity index (χ0v) is 11.4. The third-order valence-electron chi connectivity index (χ3n) is 3.01. The highest BCUT2D eigenvalue weighted by molar-refractivity contribution is 5.21. The second-order valence-electron chi connectivity index (χ2n) is 4.54. The average molecular weight is 404 g/mol. The molecule has 148 valence electrons. The first-order valence-corrected chi connectivity index (χ1v) is 5.54. The van der Waals surface area contributed by atoms with E-state index >= 15 is 0 Å². The fraction of sp³-hybridized carbons (Fsp3) is 0.636. The van der Waals surface area contributed by atoms with Gasteiger partial charge in [0.05, 0.1) is 0 Å². The van der Waals surface area contributed by atoms with Crippen molar-refractivity contribution in [2.75, 3.05) is 0 Å². The second kappa shape index (κ2) is 5.76. The summed E-state index contributed by atoms with van der Waals surface area (Å²) >= 11 is 0. The summed E-state index contributed by atoms with van der Waals surface area (Å²) in [6.45, 7) is 3.68. The van der Waals surface area contributed by atoms with Crippen molar-refractivity contribution in [3.05, 3.63) is 25.3 Å². The predicted octanol–water partition coefficient (Wildman–Crippen LogP) is 5.81. The molecule has 0 aliphatic rings. The lowest BCUT2D eigenvalue weighted by molar-refractivity contribution is -0.423. The Morgan fingerprint density at radius 2 is 0.760 bits per heavy atom. The van der Waals surface area contributed by atoms with Crippen LogP contribution in [0.15, 0.2) is 25.3 Å². The Morgan fingerprint density at radius 3 is 1.00 bits per heavy atom. The number of hydrogen-bond donors (Lipinski definition) is 0. The zero-order valence-electron chi connectivity index (χ0n) is 11.4. The number of rotatable bonds is 7. The molecule has 0 saturated carbocycles. The van der Waals surface area contributed by atoms with E-state index in [0.29, 0.717) is 0 Å². The van der Waals surface area contributed by atoms with Crippen LogP contribution in [0.4, 0.5) is 61.5 Å². The van der Waals surface area contributed by atoms with Gasteiger partial charge in [-0.15, -0.1) is 0 Å². The SMILES string of the molecule is C=CC(F)(F)C(F)(F)C(F)(F)C(F)(F)C(F)(F)C(F)(C=C)C(F)(F)F. The molecule has 0 saturated heterocycles. The molecule has 0 aromatic rings. The van der Waals surface area contributed by atoms with Gasteiger partial charge in [-0.25, -0.2) is 4.39 Å². The minimum atomic E-state index is -7.94. The van der Waals surface area contributed by atoms with Crippen molar-refractivity contribution in [3.63, 3.8) is 0 Å². The summed E-state index contributed by atoms with van der Waals surface area (Å²) in [5, 5.41) is 0. The molecule has 1 unspecified atom stereocenters. The maximum absolute atomic E-state index is 13.3. The smallest absolute Gasteiger partial charge is 0.222 e. The fourth-order valence-corrected chi connectivity index (χ4v) is 1.38. The summed E-state index contributed by atoms with van der Waals surface area (Å²) in [6.07, 6.45) is -9.94. The largest absolute Gasteiger partial charge is 0.432 e. The summed E-state index contributed by atoms with van der Waals surface area (Å²) in [7, 11) is 0. The first-order chi connectivity index (χ1) is 10.6. The monoisotopic (exact) mass is 404 g/mol. The Kier molecular flexibility index (Phi) is 5.41. The summed E-state index contributed by atoms with van der Waals surface area (Å²) in [4.78, 5) is 0. The fourth-order valence-electron chi connectivity index (χ4n) is 1.38. The van der Waals surface area contributed by atoms with Crippen LogP contribution < -0.4 is 0 Å². The lowest BCUT2D eigenvalue weighted by atomic mass is 9.85. The normalized spacial score (nSPS) is 17.8. The molecule has 0 aliphatic heterocycles. The van der Waals surface area contributed by atoms with Crippen LogP contribution in [-0.4, -0.2) is 41.5 Å². The Balaban J connectivity index is 6.65. The number of allylic oxidation sites excluding steroid dienone is 2. The highest BCUT2D eigenvalue weighted by atomic mass is 19.4. The van der Waals surface area contributed by atoms with Crippen LogP contribution in [0.5, 0.6) is 0 Å². The quantitative estimate of drug-likeness (QED) is 0.372. The van der Waals surface area contributed by atoms with Crippen molar-refractivity contribution in [1.82, 2.24) is 0 Å². The number of hydrogen-bond acceptors (Lipinski definition) is 0. The summed E-state index contributed by atoms with van der Waals surface area (Å²) in [6, 6.07) is 0. The molecule has 14 heteroatoms. The molecular weight excluding hydrogens is 398 g/mol. The maximum Gasteiger partial charge on any atom is 0.432 e. The first-order valence-electron chi connectivity index (χ1n) is 5.54. The van der Waals surface area contributed by atoms with Gasteiger partial charge < -0.3 is 0 Å². The molecule has 25 heavy (non-hydrogen) atoms. The summed E-state index contributed by atoms with van der Waals surface area (Å²) in [5.41, 5.74) is -6.65. The average Bonchev–Trinajstić information content (AvgIpc) is 2.43. The molecule has 0 aliphatic carbocycles. The highest BCUT2D eigenvalue weighted by Crippen LogP contribution is 2.62. The van der Waals surface area contributed by atoms with Crippen LogP contribution in [0.25, 0.3) is 0 Å². The Labute approximate surface area is 129 Å². The Hall–Kier alpha value is -1.50. The minimum Gasteiger partial charge on any atom is -0.222 e. The van der Waals surface area contributed by atoms with Gasteiger partial charge in [-0.1, -0.05) is 13.2 Å². The van der Waals surface area contributed by atoms with Crippen molar-refractivity contribution in [2.24, 2.45) is 0 Å². The van der Waals surface area contributed by atoms with Gasteiger partial charge in [-0.05, 0) is 12.2 Å².